The number of rotatable bonds is 2. The van der Waals surface area contributed by atoms with Gasteiger partial charge in [0.2, 0.25) is 5.13 Å². The van der Waals surface area contributed by atoms with E-state index in [-0.39, 0.29) is 0 Å². The first-order valence-electron chi connectivity index (χ1n) is 4.23. The molecule has 13 heavy (non-hydrogen) atoms. The lowest BCUT2D eigenvalue weighted by Gasteiger charge is -1.97. The number of nitrogens with zero attached hydrogens (tertiary/aromatic N) is 3. The quantitative estimate of drug-likeness (QED) is 0.733. The third-order valence-corrected chi connectivity index (χ3v) is 2.65. The van der Waals surface area contributed by atoms with Crippen molar-refractivity contribution in [2.45, 2.75) is 19.8 Å². The van der Waals surface area contributed by atoms with E-state index in [4.69, 9.17) is 0 Å². The molecule has 2 rings (SSSR count). The summed E-state index contributed by atoms with van der Waals surface area (Å²) in [6.45, 7) is 4.28. The molecule has 0 spiro atoms. The lowest BCUT2D eigenvalue weighted by molar-refractivity contribution is 0.805. The zero-order valence-electron chi connectivity index (χ0n) is 7.64. The normalized spacial score (nSPS) is 11.0. The van der Waals surface area contributed by atoms with Crippen molar-refractivity contribution in [1.82, 2.24) is 14.8 Å². The summed E-state index contributed by atoms with van der Waals surface area (Å²) in [5.41, 5.74) is 1.13. The Morgan fingerprint density at radius 3 is 2.85 bits per heavy atom. The first-order chi connectivity index (χ1) is 6.27. The Morgan fingerprint density at radius 1 is 1.46 bits per heavy atom. The molecular weight excluding hydrogens is 182 g/mol. The fourth-order valence-corrected chi connectivity index (χ4v) is 1.95. The molecule has 0 bridgehead atoms. The van der Waals surface area contributed by atoms with Gasteiger partial charge in [-0.05, 0) is 12.0 Å². The first kappa shape index (κ1) is 8.44. The maximum absolute atomic E-state index is 4.47. The lowest BCUT2D eigenvalue weighted by Crippen LogP contribution is -1.94. The van der Waals surface area contributed by atoms with Crippen LogP contribution in [0.25, 0.3) is 5.13 Å². The van der Waals surface area contributed by atoms with E-state index in [0.29, 0.717) is 5.92 Å². The van der Waals surface area contributed by atoms with Crippen LogP contribution < -0.4 is 0 Å². The van der Waals surface area contributed by atoms with Gasteiger partial charge in [0, 0.05) is 17.8 Å². The largest absolute Gasteiger partial charge is 0.223 e. The van der Waals surface area contributed by atoms with Crippen molar-refractivity contribution in [3.8, 4) is 5.13 Å². The van der Waals surface area contributed by atoms with Crippen LogP contribution in [0.2, 0.25) is 0 Å². The molecule has 68 valence electrons. The molecule has 0 radical (unpaired) electrons. The summed E-state index contributed by atoms with van der Waals surface area (Å²) >= 11 is 1.62. The van der Waals surface area contributed by atoms with E-state index in [9.17, 15) is 0 Å². The molecule has 2 aromatic rings. The molecular formula is C9H11N3S. The molecule has 0 saturated heterocycles. The van der Waals surface area contributed by atoms with Crippen LogP contribution >= 0.6 is 11.3 Å². The molecule has 0 unspecified atom stereocenters. The van der Waals surface area contributed by atoms with Crippen LogP contribution in [-0.4, -0.2) is 14.8 Å². The molecule has 3 nitrogen and oxygen atoms in total. The summed E-state index contributed by atoms with van der Waals surface area (Å²) in [6, 6.07) is 1.90. The first-order valence-corrected chi connectivity index (χ1v) is 5.11. The lowest BCUT2D eigenvalue weighted by atomic mass is 10.2. The Bertz CT molecular complexity index is 375. The molecule has 0 fully saturated rings. The molecule has 0 atom stereocenters. The molecule has 2 aromatic heterocycles. The van der Waals surface area contributed by atoms with Crippen molar-refractivity contribution in [3.05, 3.63) is 29.5 Å². The third kappa shape index (κ3) is 1.62. The zero-order valence-corrected chi connectivity index (χ0v) is 8.45. The minimum Gasteiger partial charge on any atom is -0.223 e. The Kier molecular flexibility index (Phi) is 2.14. The van der Waals surface area contributed by atoms with Crippen LogP contribution in [0.5, 0.6) is 0 Å². The van der Waals surface area contributed by atoms with Crippen LogP contribution in [0, 0.1) is 0 Å². The highest BCUT2D eigenvalue weighted by molar-refractivity contribution is 7.12. The topological polar surface area (TPSA) is 30.7 Å². The summed E-state index contributed by atoms with van der Waals surface area (Å²) in [5, 5.41) is 7.15. The second kappa shape index (κ2) is 3.30. The highest BCUT2D eigenvalue weighted by Gasteiger charge is 2.06. The van der Waals surface area contributed by atoms with Crippen LogP contribution in [0.3, 0.4) is 0 Å². The van der Waals surface area contributed by atoms with Crippen molar-refractivity contribution >= 4 is 11.3 Å². The summed E-state index contributed by atoms with van der Waals surface area (Å²) in [7, 11) is 0. The van der Waals surface area contributed by atoms with Gasteiger partial charge in [0.15, 0.2) is 0 Å². The second-order valence-corrected chi connectivity index (χ2v) is 4.00. The Morgan fingerprint density at radius 2 is 2.31 bits per heavy atom. The van der Waals surface area contributed by atoms with Crippen molar-refractivity contribution in [2.75, 3.05) is 0 Å². The molecule has 0 N–H and O–H groups in total. The summed E-state index contributed by atoms with van der Waals surface area (Å²) in [5.74, 6) is 0.487. The average Bonchev–Trinajstić information content (AvgIpc) is 2.75. The van der Waals surface area contributed by atoms with E-state index >= 15 is 0 Å². The van der Waals surface area contributed by atoms with Crippen LogP contribution in [-0.2, 0) is 0 Å². The van der Waals surface area contributed by atoms with Gasteiger partial charge >= 0.3 is 0 Å². The van der Waals surface area contributed by atoms with Gasteiger partial charge in [-0.3, -0.25) is 0 Å². The van der Waals surface area contributed by atoms with E-state index in [1.54, 1.807) is 22.2 Å². The van der Waals surface area contributed by atoms with Crippen LogP contribution in [0.4, 0.5) is 0 Å². The maximum atomic E-state index is 4.47. The molecule has 2 heterocycles. The minimum absolute atomic E-state index is 0.487. The molecule has 0 amide bonds. The fourth-order valence-electron chi connectivity index (χ4n) is 1.03. The monoisotopic (exact) mass is 193 g/mol. The molecule has 0 aliphatic rings. The van der Waals surface area contributed by atoms with Crippen molar-refractivity contribution in [1.29, 1.82) is 0 Å². The summed E-state index contributed by atoms with van der Waals surface area (Å²) in [4.78, 5) is 4.47. The number of aromatic nitrogens is 3. The Labute approximate surface area is 81.1 Å². The number of hydrogen-bond acceptors (Lipinski definition) is 3. The molecule has 0 aliphatic heterocycles. The van der Waals surface area contributed by atoms with E-state index in [2.05, 4.69) is 29.3 Å². The summed E-state index contributed by atoms with van der Waals surface area (Å²) < 4.78 is 1.79. The van der Waals surface area contributed by atoms with Crippen molar-refractivity contribution in [2.24, 2.45) is 0 Å². The van der Waals surface area contributed by atoms with Gasteiger partial charge < -0.3 is 0 Å². The van der Waals surface area contributed by atoms with Gasteiger partial charge in [0.25, 0.3) is 0 Å². The smallest absolute Gasteiger partial charge is 0.210 e. The SMILES string of the molecule is CC(C)c1csc(-n2cccn2)n1. The van der Waals surface area contributed by atoms with Crippen LogP contribution in [0.1, 0.15) is 25.5 Å². The molecule has 0 saturated carbocycles. The zero-order chi connectivity index (χ0) is 9.26. The summed E-state index contributed by atoms with van der Waals surface area (Å²) in [6.07, 6.45) is 3.67. The van der Waals surface area contributed by atoms with Gasteiger partial charge in [0.1, 0.15) is 0 Å². The number of hydrogen-bond donors (Lipinski definition) is 0. The van der Waals surface area contributed by atoms with Crippen LogP contribution in [0.15, 0.2) is 23.8 Å². The molecule has 0 aromatic carbocycles. The average molecular weight is 193 g/mol. The minimum atomic E-state index is 0.487. The van der Waals surface area contributed by atoms with E-state index in [1.165, 1.54) is 0 Å². The second-order valence-electron chi connectivity index (χ2n) is 3.16. The van der Waals surface area contributed by atoms with Gasteiger partial charge in [-0.25, -0.2) is 9.67 Å². The highest BCUT2D eigenvalue weighted by atomic mass is 32.1. The Hall–Kier alpha value is -1.16. The van der Waals surface area contributed by atoms with E-state index in [0.717, 1.165) is 10.8 Å². The van der Waals surface area contributed by atoms with Gasteiger partial charge in [-0.15, -0.1) is 11.3 Å². The standard InChI is InChI=1S/C9H11N3S/c1-7(2)8-6-13-9(11-8)12-5-3-4-10-12/h3-7H,1-2H3. The Balaban J connectivity index is 2.33. The molecule has 4 heteroatoms. The van der Waals surface area contributed by atoms with Crippen molar-refractivity contribution in [3.63, 3.8) is 0 Å². The molecule has 0 aliphatic carbocycles. The van der Waals surface area contributed by atoms with Gasteiger partial charge in [-0.1, -0.05) is 13.8 Å². The van der Waals surface area contributed by atoms with Crippen molar-refractivity contribution < 1.29 is 0 Å². The van der Waals surface area contributed by atoms with Gasteiger partial charge in [-0.2, -0.15) is 5.10 Å². The number of thiazole rings is 1. The van der Waals surface area contributed by atoms with E-state index in [1.807, 2.05) is 12.3 Å². The fraction of sp³-hybridized carbons (Fsp3) is 0.333. The predicted molar refractivity (Wildman–Crippen MR) is 53.3 cm³/mol. The predicted octanol–water partition coefficient (Wildman–Crippen LogP) is 2.45. The highest BCUT2D eigenvalue weighted by Crippen LogP contribution is 2.19. The maximum Gasteiger partial charge on any atom is 0.210 e. The van der Waals surface area contributed by atoms with E-state index < -0.39 is 0 Å². The van der Waals surface area contributed by atoms with Gasteiger partial charge in [0.05, 0.1) is 5.69 Å². The third-order valence-electron chi connectivity index (χ3n) is 1.80.